The second-order valence-electron chi connectivity index (χ2n) is 6.96. The van der Waals surface area contributed by atoms with Crippen molar-refractivity contribution in [2.75, 3.05) is 11.9 Å². The fourth-order valence-corrected chi connectivity index (χ4v) is 2.95. The molecular weight excluding hydrogens is 423 g/mol. The zero-order valence-electron chi connectivity index (χ0n) is 17.4. The third-order valence-electron chi connectivity index (χ3n) is 4.57. The maximum Gasteiger partial charge on any atom is 0.251 e. The third-order valence-corrected chi connectivity index (χ3v) is 4.57. The average Bonchev–Trinajstić information content (AvgIpc) is 2.85. The van der Waals surface area contributed by atoms with Crippen LogP contribution in [0.3, 0.4) is 0 Å². The number of aromatic nitrogens is 2. The number of benzene rings is 2. The summed E-state index contributed by atoms with van der Waals surface area (Å²) in [5.74, 6) is 0.402. The SMILES string of the molecule is O=C(CNC(=O)c1ccncc1)Nc1cccc(-c2ccc(Oc3ccc(F)cc3)cc2)n1. The Kier molecular flexibility index (Phi) is 6.65. The highest BCUT2D eigenvalue weighted by Crippen LogP contribution is 2.25. The van der Waals surface area contributed by atoms with Gasteiger partial charge in [0, 0.05) is 23.5 Å². The smallest absolute Gasteiger partial charge is 0.251 e. The van der Waals surface area contributed by atoms with E-state index in [0.29, 0.717) is 28.6 Å². The van der Waals surface area contributed by atoms with Crippen LogP contribution >= 0.6 is 0 Å². The van der Waals surface area contributed by atoms with Crippen molar-refractivity contribution < 1.29 is 18.7 Å². The lowest BCUT2D eigenvalue weighted by atomic mass is 10.1. The second-order valence-corrected chi connectivity index (χ2v) is 6.96. The molecule has 0 aliphatic carbocycles. The summed E-state index contributed by atoms with van der Waals surface area (Å²) in [7, 11) is 0. The van der Waals surface area contributed by atoms with E-state index in [1.54, 1.807) is 48.5 Å². The number of anilines is 1. The minimum Gasteiger partial charge on any atom is -0.457 e. The number of hydrogen-bond acceptors (Lipinski definition) is 5. The van der Waals surface area contributed by atoms with Crippen molar-refractivity contribution in [3.05, 3.63) is 103 Å². The van der Waals surface area contributed by atoms with Gasteiger partial charge in [0.05, 0.1) is 12.2 Å². The summed E-state index contributed by atoms with van der Waals surface area (Å²) < 4.78 is 18.7. The van der Waals surface area contributed by atoms with Crippen LogP contribution in [0.1, 0.15) is 10.4 Å². The van der Waals surface area contributed by atoms with E-state index in [1.165, 1.54) is 24.5 Å². The highest BCUT2D eigenvalue weighted by atomic mass is 19.1. The maximum atomic E-state index is 13.0. The molecule has 164 valence electrons. The summed E-state index contributed by atoms with van der Waals surface area (Å²) in [5, 5.41) is 5.23. The number of rotatable bonds is 7. The van der Waals surface area contributed by atoms with E-state index in [1.807, 2.05) is 18.2 Å². The van der Waals surface area contributed by atoms with Crippen molar-refractivity contribution in [2.24, 2.45) is 0 Å². The topological polar surface area (TPSA) is 93.2 Å². The Bertz CT molecular complexity index is 1250. The first kappa shape index (κ1) is 21.6. The number of pyridine rings is 2. The van der Waals surface area contributed by atoms with Crippen molar-refractivity contribution in [3.8, 4) is 22.8 Å². The molecule has 0 saturated heterocycles. The minimum atomic E-state index is -0.398. The van der Waals surface area contributed by atoms with E-state index >= 15 is 0 Å². The molecule has 7 nitrogen and oxygen atoms in total. The standard InChI is InChI=1S/C25H19FN4O3/c26-19-6-10-21(11-7-19)33-20-8-4-17(5-9-20)22-2-1-3-23(29-22)30-24(31)16-28-25(32)18-12-14-27-15-13-18/h1-15H,16H2,(H,28,32)(H,29,30,31). The van der Waals surface area contributed by atoms with Gasteiger partial charge in [0.1, 0.15) is 23.1 Å². The normalized spacial score (nSPS) is 10.3. The Labute approximate surface area is 189 Å². The molecule has 0 aliphatic heterocycles. The van der Waals surface area contributed by atoms with Gasteiger partial charge in [0.15, 0.2) is 0 Å². The highest BCUT2D eigenvalue weighted by Gasteiger charge is 2.09. The van der Waals surface area contributed by atoms with Crippen LogP contribution in [-0.4, -0.2) is 28.3 Å². The first-order valence-corrected chi connectivity index (χ1v) is 10.1. The van der Waals surface area contributed by atoms with Crippen LogP contribution in [0.15, 0.2) is 91.3 Å². The van der Waals surface area contributed by atoms with E-state index in [4.69, 9.17) is 4.74 Å². The molecule has 33 heavy (non-hydrogen) atoms. The zero-order chi connectivity index (χ0) is 23.0. The van der Waals surface area contributed by atoms with Gasteiger partial charge >= 0.3 is 0 Å². The first-order valence-electron chi connectivity index (χ1n) is 10.1. The number of ether oxygens (including phenoxy) is 1. The Hall–Kier alpha value is -4.59. The van der Waals surface area contributed by atoms with E-state index < -0.39 is 5.91 Å². The Morgan fingerprint density at radius 2 is 1.52 bits per heavy atom. The lowest BCUT2D eigenvalue weighted by Gasteiger charge is -2.09. The molecule has 2 amide bonds. The van der Waals surface area contributed by atoms with E-state index in [-0.39, 0.29) is 18.3 Å². The second kappa shape index (κ2) is 10.1. The number of carbonyl (C=O) groups is 2. The van der Waals surface area contributed by atoms with Crippen LogP contribution in [-0.2, 0) is 4.79 Å². The number of nitrogens with zero attached hydrogens (tertiary/aromatic N) is 2. The van der Waals surface area contributed by atoms with Crippen LogP contribution in [0.5, 0.6) is 11.5 Å². The van der Waals surface area contributed by atoms with Gasteiger partial charge in [0.2, 0.25) is 5.91 Å². The van der Waals surface area contributed by atoms with Gasteiger partial charge in [0.25, 0.3) is 5.91 Å². The number of hydrogen-bond donors (Lipinski definition) is 2. The zero-order valence-corrected chi connectivity index (χ0v) is 17.4. The molecule has 2 N–H and O–H groups in total. The van der Waals surface area contributed by atoms with Gasteiger partial charge in [-0.1, -0.05) is 6.07 Å². The van der Waals surface area contributed by atoms with Gasteiger partial charge in [-0.25, -0.2) is 9.37 Å². The van der Waals surface area contributed by atoms with Crippen LogP contribution in [0, 0.1) is 5.82 Å². The van der Waals surface area contributed by atoms with E-state index in [2.05, 4.69) is 20.6 Å². The van der Waals surface area contributed by atoms with Gasteiger partial charge in [-0.2, -0.15) is 0 Å². The molecule has 0 spiro atoms. The van der Waals surface area contributed by atoms with E-state index in [0.717, 1.165) is 5.56 Å². The molecule has 0 radical (unpaired) electrons. The minimum absolute atomic E-state index is 0.192. The fraction of sp³-hybridized carbons (Fsp3) is 0.0400. The van der Waals surface area contributed by atoms with Crippen molar-refractivity contribution in [1.82, 2.24) is 15.3 Å². The fourth-order valence-electron chi connectivity index (χ4n) is 2.95. The monoisotopic (exact) mass is 442 g/mol. The number of amides is 2. The molecule has 0 saturated carbocycles. The molecule has 2 aromatic heterocycles. The first-order chi connectivity index (χ1) is 16.1. The van der Waals surface area contributed by atoms with Crippen molar-refractivity contribution in [2.45, 2.75) is 0 Å². The Morgan fingerprint density at radius 3 is 2.21 bits per heavy atom. The summed E-state index contributed by atoms with van der Waals surface area (Å²) in [6.45, 7) is -0.192. The lowest BCUT2D eigenvalue weighted by Crippen LogP contribution is -2.33. The van der Waals surface area contributed by atoms with Gasteiger partial charge < -0.3 is 15.4 Å². The molecule has 0 unspecified atom stereocenters. The predicted molar refractivity (Wildman–Crippen MR) is 121 cm³/mol. The van der Waals surface area contributed by atoms with Crippen LogP contribution < -0.4 is 15.4 Å². The summed E-state index contributed by atoms with van der Waals surface area (Å²) in [6.07, 6.45) is 3.01. The van der Waals surface area contributed by atoms with Crippen molar-refractivity contribution in [1.29, 1.82) is 0 Å². The predicted octanol–water partition coefficient (Wildman–Crippen LogP) is 4.44. The molecule has 4 rings (SSSR count). The molecule has 0 aliphatic rings. The Balaban J connectivity index is 1.35. The molecule has 8 heteroatoms. The largest absolute Gasteiger partial charge is 0.457 e. The molecule has 4 aromatic rings. The number of nitrogens with one attached hydrogen (secondary N) is 2. The summed E-state index contributed by atoms with van der Waals surface area (Å²) in [5.41, 5.74) is 1.90. The molecule has 2 aromatic carbocycles. The number of carbonyl (C=O) groups excluding carboxylic acids is 2. The van der Waals surface area contributed by atoms with Gasteiger partial charge in [-0.3, -0.25) is 14.6 Å². The summed E-state index contributed by atoms with van der Waals surface area (Å²) in [6, 6.07) is 21.4. The van der Waals surface area contributed by atoms with Crippen LogP contribution in [0.25, 0.3) is 11.3 Å². The summed E-state index contributed by atoms with van der Waals surface area (Å²) in [4.78, 5) is 32.6. The number of halogens is 1. The van der Waals surface area contributed by atoms with Gasteiger partial charge in [-0.15, -0.1) is 0 Å². The molecule has 0 atom stereocenters. The molecule has 2 heterocycles. The third kappa shape index (κ3) is 5.98. The van der Waals surface area contributed by atoms with Crippen molar-refractivity contribution >= 4 is 17.6 Å². The summed E-state index contributed by atoms with van der Waals surface area (Å²) >= 11 is 0. The average molecular weight is 442 g/mol. The Morgan fingerprint density at radius 1 is 0.848 bits per heavy atom. The maximum absolute atomic E-state index is 13.0. The molecule has 0 bridgehead atoms. The van der Waals surface area contributed by atoms with E-state index in [9.17, 15) is 14.0 Å². The highest BCUT2D eigenvalue weighted by molar-refractivity contribution is 5.99. The quantitative estimate of drug-likeness (QED) is 0.441. The lowest BCUT2D eigenvalue weighted by molar-refractivity contribution is -0.115. The van der Waals surface area contributed by atoms with Gasteiger partial charge in [-0.05, 0) is 72.8 Å². The molecule has 0 fully saturated rings. The van der Waals surface area contributed by atoms with Crippen molar-refractivity contribution in [3.63, 3.8) is 0 Å². The molecular formula is C25H19FN4O3. The van der Waals surface area contributed by atoms with Crippen LogP contribution in [0.4, 0.5) is 10.2 Å². The van der Waals surface area contributed by atoms with Crippen LogP contribution in [0.2, 0.25) is 0 Å².